The number of aromatic nitrogens is 1. The van der Waals surface area contributed by atoms with Gasteiger partial charge in [0.05, 0.1) is 53.2 Å². The van der Waals surface area contributed by atoms with Gasteiger partial charge in [-0.2, -0.15) is 5.26 Å². The molecule has 0 saturated carbocycles. The molecular formula is C41H39N5O9S. The first kappa shape index (κ1) is 34.7. The highest BCUT2D eigenvalue weighted by Crippen LogP contribution is 2.65. The lowest BCUT2D eigenvalue weighted by molar-refractivity contribution is -0.154. The summed E-state index contributed by atoms with van der Waals surface area (Å²) < 4.78 is 30.5. The van der Waals surface area contributed by atoms with Crippen molar-refractivity contribution in [2.24, 2.45) is 0 Å². The van der Waals surface area contributed by atoms with Crippen molar-refractivity contribution in [3.63, 3.8) is 0 Å². The van der Waals surface area contributed by atoms with Gasteiger partial charge in [0.2, 0.25) is 6.79 Å². The molecule has 0 radical (unpaired) electrons. The molecule has 5 atom stereocenters. The first-order valence-corrected chi connectivity index (χ1v) is 19.6. The van der Waals surface area contributed by atoms with Crippen molar-refractivity contribution in [3.05, 3.63) is 74.6 Å². The number of likely N-dealkylation sites (N-methyl/N-ethyl adjacent to an activating group) is 1. The molecule has 14 nitrogen and oxygen atoms in total. The number of carbonyl (C=O) groups is 2. The van der Waals surface area contributed by atoms with E-state index in [0.29, 0.717) is 75.0 Å². The van der Waals surface area contributed by atoms with Crippen LogP contribution in [-0.4, -0.2) is 88.9 Å². The topological polar surface area (TPSA) is 179 Å². The molecule has 7 aliphatic rings. The Balaban J connectivity index is 1.31. The molecule has 56 heavy (non-hydrogen) atoms. The standard InChI is InChI=1S/C41H39N5O9S/c1-17-32(48)22-12-24-25(13-42)46-26-14-52-40(50)41(39-21(10-11-43-41)20-8-6-7-9-23(20)44-39)15-56-38(31(46)30(45(24)4)27(22)33(49)35(17)51-5)29-28(26)37-36(53-16-54-37)18(2)34(29)55-19(3)47/h6-9,24-26,38,43-44,48-49H,10-12,14-16H2,1-5H3/t24?,25-,26-,38+,41+/m0/s1. The molecule has 4 bridgehead atoms. The van der Waals surface area contributed by atoms with E-state index in [4.69, 9.17) is 23.7 Å². The number of carbonyl (C=O) groups excluding carboxylic acids is 2. The second kappa shape index (κ2) is 12.1. The van der Waals surface area contributed by atoms with Crippen molar-refractivity contribution in [3.8, 4) is 40.6 Å². The van der Waals surface area contributed by atoms with Gasteiger partial charge in [-0.25, -0.2) is 4.79 Å². The summed E-state index contributed by atoms with van der Waals surface area (Å²) in [5.41, 5.74) is 5.66. The number of hydrogen-bond donors (Lipinski definition) is 4. The Kier molecular flexibility index (Phi) is 7.53. The number of rotatable bonds is 2. The van der Waals surface area contributed by atoms with E-state index in [-0.39, 0.29) is 42.8 Å². The summed E-state index contributed by atoms with van der Waals surface area (Å²) in [7, 11) is 3.33. The molecule has 7 aliphatic heterocycles. The summed E-state index contributed by atoms with van der Waals surface area (Å²) in [6, 6.07) is 8.42. The smallest absolute Gasteiger partial charge is 0.333 e. The number of nitrogens with one attached hydrogen (secondary N) is 2. The van der Waals surface area contributed by atoms with Gasteiger partial charge in [-0.3, -0.25) is 10.1 Å². The van der Waals surface area contributed by atoms with Crippen LogP contribution in [0.1, 0.15) is 62.9 Å². The molecule has 15 heteroatoms. The minimum absolute atomic E-state index is 0.0143. The lowest BCUT2D eigenvalue weighted by atomic mass is 9.76. The van der Waals surface area contributed by atoms with Gasteiger partial charge in [0.1, 0.15) is 24.1 Å². The molecule has 1 aromatic heterocycles. The predicted octanol–water partition coefficient (Wildman–Crippen LogP) is 4.72. The zero-order valence-corrected chi connectivity index (χ0v) is 32.2. The van der Waals surface area contributed by atoms with Gasteiger partial charge in [0.15, 0.2) is 28.5 Å². The number of methoxy groups -OCH3 is 1. The lowest BCUT2D eigenvalue weighted by Crippen LogP contribution is -2.61. The first-order valence-electron chi connectivity index (χ1n) is 18.6. The van der Waals surface area contributed by atoms with Crippen LogP contribution in [0.2, 0.25) is 0 Å². The van der Waals surface area contributed by atoms with Crippen LogP contribution in [0, 0.1) is 25.2 Å². The van der Waals surface area contributed by atoms with Gasteiger partial charge in [-0.15, -0.1) is 11.8 Å². The van der Waals surface area contributed by atoms with Crippen LogP contribution >= 0.6 is 11.8 Å². The molecule has 0 amide bonds. The minimum Gasteiger partial charge on any atom is -0.507 e. The number of thioether (sulfide) groups is 1. The summed E-state index contributed by atoms with van der Waals surface area (Å²) in [5.74, 6) is 0.284. The third-order valence-corrected chi connectivity index (χ3v) is 13.9. The van der Waals surface area contributed by atoms with E-state index in [0.717, 1.165) is 22.2 Å². The van der Waals surface area contributed by atoms with E-state index < -0.39 is 40.9 Å². The maximum Gasteiger partial charge on any atom is 0.333 e. The number of nitrogens with zero attached hydrogens (tertiary/aromatic N) is 3. The monoisotopic (exact) mass is 777 g/mol. The number of H-pyrrole nitrogens is 1. The molecular weight excluding hydrogens is 739 g/mol. The summed E-state index contributed by atoms with van der Waals surface area (Å²) in [4.78, 5) is 35.3. The fraction of sp³-hybridized carbons (Fsp3) is 0.390. The van der Waals surface area contributed by atoms with Crippen LogP contribution in [-0.2, 0) is 32.7 Å². The molecule has 11 rings (SSSR count). The molecule has 4 aromatic rings. The van der Waals surface area contributed by atoms with Crippen molar-refractivity contribution >= 4 is 40.3 Å². The SMILES string of the molecule is COc1c(C)c(O)c2c(c1O)C1=C3[C@@H]4SC[C@]5(NCCc6c5[nH]c5ccccc65)C(=O)OC[C@@H](c5c6c(c(C)c(OC(C)=O)c54)OCO6)N3[C@@H](C#N)C(C2)N1C. The van der Waals surface area contributed by atoms with Gasteiger partial charge in [0, 0.05) is 71.4 Å². The minimum atomic E-state index is -1.30. The number of phenolic OH excluding ortho intramolecular Hbond substituents is 2. The highest BCUT2D eigenvalue weighted by Gasteiger charge is 2.58. The van der Waals surface area contributed by atoms with E-state index in [1.807, 2.05) is 42.0 Å². The Morgan fingerprint density at radius 2 is 1.86 bits per heavy atom. The number of esters is 2. The van der Waals surface area contributed by atoms with E-state index >= 15 is 0 Å². The normalized spacial score (nSPS) is 25.6. The summed E-state index contributed by atoms with van der Waals surface area (Å²) in [6.07, 6.45) is 0.937. The molecule has 4 N–H and O–H groups in total. The summed E-state index contributed by atoms with van der Waals surface area (Å²) >= 11 is 1.44. The Hall–Kier alpha value is -5.72. The number of nitriles is 1. The average molecular weight is 778 g/mol. The molecule has 3 aromatic carbocycles. The van der Waals surface area contributed by atoms with E-state index in [1.54, 1.807) is 6.92 Å². The van der Waals surface area contributed by atoms with E-state index in [9.17, 15) is 25.1 Å². The summed E-state index contributed by atoms with van der Waals surface area (Å²) in [5, 5.41) is 38.8. The highest BCUT2D eigenvalue weighted by molar-refractivity contribution is 7.99. The van der Waals surface area contributed by atoms with Crippen LogP contribution in [0.4, 0.5) is 0 Å². The predicted molar refractivity (Wildman–Crippen MR) is 204 cm³/mol. The number of hydrogen-bond acceptors (Lipinski definition) is 14. The van der Waals surface area contributed by atoms with Gasteiger partial charge in [-0.05, 0) is 31.9 Å². The Bertz CT molecular complexity index is 2520. The largest absolute Gasteiger partial charge is 0.507 e. The molecule has 1 unspecified atom stereocenters. The third-order valence-electron chi connectivity index (χ3n) is 12.5. The molecule has 8 heterocycles. The molecule has 1 fully saturated rings. The number of aromatic hydroxyl groups is 2. The number of ether oxygens (including phenoxy) is 5. The third kappa shape index (κ3) is 4.36. The maximum atomic E-state index is 14.8. The van der Waals surface area contributed by atoms with Gasteiger partial charge in [0.25, 0.3) is 0 Å². The van der Waals surface area contributed by atoms with Crippen LogP contribution in [0.5, 0.6) is 34.5 Å². The zero-order valence-electron chi connectivity index (χ0n) is 31.4. The van der Waals surface area contributed by atoms with Crippen molar-refractivity contribution in [2.75, 3.05) is 39.9 Å². The van der Waals surface area contributed by atoms with Gasteiger partial charge < -0.3 is 48.7 Å². The van der Waals surface area contributed by atoms with Crippen LogP contribution in [0.3, 0.4) is 0 Å². The number of para-hydroxylation sites is 1. The van der Waals surface area contributed by atoms with Crippen LogP contribution in [0.15, 0.2) is 30.0 Å². The molecule has 288 valence electrons. The van der Waals surface area contributed by atoms with E-state index in [2.05, 4.69) is 22.4 Å². The van der Waals surface area contributed by atoms with Crippen molar-refractivity contribution in [2.45, 2.75) is 62.5 Å². The van der Waals surface area contributed by atoms with E-state index in [1.165, 1.54) is 25.8 Å². The fourth-order valence-electron chi connectivity index (χ4n) is 10.1. The van der Waals surface area contributed by atoms with Crippen molar-refractivity contribution in [1.29, 1.82) is 5.26 Å². The molecule has 0 aliphatic carbocycles. The second-order valence-corrected chi connectivity index (χ2v) is 16.3. The van der Waals surface area contributed by atoms with Gasteiger partial charge >= 0.3 is 11.9 Å². The van der Waals surface area contributed by atoms with Crippen molar-refractivity contribution in [1.82, 2.24) is 20.1 Å². The second-order valence-electron chi connectivity index (χ2n) is 15.2. The van der Waals surface area contributed by atoms with Crippen LogP contribution < -0.4 is 24.3 Å². The maximum absolute atomic E-state index is 14.8. The number of fused-ring (bicyclic) bond motifs is 11. The van der Waals surface area contributed by atoms with Crippen LogP contribution in [0.25, 0.3) is 16.6 Å². The number of aromatic amines is 1. The first-order chi connectivity index (χ1) is 27.0. The Labute approximate surface area is 325 Å². The number of benzene rings is 3. The molecule has 1 saturated heterocycles. The fourth-order valence-corrected chi connectivity index (χ4v) is 11.6. The average Bonchev–Trinajstić information content (AvgIpc) is 3.83. The number of phenols is 2. The zero-order chi connectivity index (χ0) is 38.9. The summed E-state index contributed by atoms with van der Waals surface area (Å²) in [6.45, 7) is 5.08. The van der Waals surface area contributed by atoms with Gasteiger partial charge in [-0.1, -0.05) is 18.2 Å². The molecule has 1 spiro atoms. The Morgan fingerprint density at radius 1 is 1.07 bits per heavy atom. The quantitative estimate of drug-likeness (QED) is 0.125. The Morgan fingerprint density at radius 3 is 2.62 bits per heavy atom. The highest BCUT2D eigenvalue weighted by atomic mass is 32.2. The van der Waals surface area contributed by atoms with Crippen molar-refractivity contribution < 1.29 is 43.5 Å². The lowest BCUT2D eigenvalue weighted by Gasteiger charge is -2.57.